The van der Waals surface area contributed by atoms with Gasteiger partial charge in [-0.2, -0.15) is 0 Å². The van der Waals surface area contributed by atoms with Crippen LogP contribution in [0.1, 0.15) is 51.4 Å². The lowest BCUT2D eigenvalue weighted by Crippen LogP contribution is -2.51. The van der Waals surface area contributed by atoms with Crippen molar-refractivity contribution in [1.82, 2.24) is 10.0 Å². The molecule has 1 aliphatic carbocycles. The Bertz CT molecular complexity index is 825. The van der Waals surface area contributed by atoms with E-state index in [2.05, 4.69) is 10.0 Å². The van der Waals surface area contributed by atoms with Crippen LogP contribution in [0.15, 0.2) is 29.2 Å². The van der Waals surface area contributed by atoms with Gasteiger partial charge in [-0.05, 0) is 44.2 Å². The maximum atomic E-state index is 12.8. The van der Waals surface area contributed by atoms with E-state index in [4.69, 9.17) is 9.47 Å². The molecule has 0 unspecified atom stereocenters. The number of carbonyl (C=O) groups excluding carboxylic acids is 1. The molecule has 3 rings (SSSR count). The van der Waals surface area contributed by atoms with Gasteiger partial charge in [0.2, 0.25) is 15.9 Å². The Hall–Kier alpha value is -1.68. The van der Waals surface area contributed by atoms with Gasteiger partial charge in [-0.25, -0.2) is 13.1 Å². The van der Waals surface area contributed by atoms with Crippen molar-refractivity contribution in [2.75, 3.05) is 20.3 Å². The number of sulfonamides is 1. The second kappa shape index (κ2) is 11.3. The van der Waals surface area contributed by atoms with E-state index in [1.165, 1.54) is 19.6 Å². The van der Waals surface area contributed by atoms with Crippen LogP contribution in [-0.4, -0.2) is 57.9 Å². The number of nitrogens with one attached hydrogen (secondary N) is 2. The smallest absolute Gasteiger partial charge is 0.244 e. The van der Waals surface area contributed by atoms with E-state index in [1.807, 2.05) is 0 Å². The van der Waals surface area contributed by atoms with Crippen LogP contribution in [0.2, 0.25) is 0 Å². The predicted octanol–water partition coefficient (Wildman–Crippen LogP) is 1.97. The Balaban J connectivity index is 1.50. The third kappa shape index (κ3) is 6.41. The van der Waals surface area contributed by atoms with Crippen molar-refractivity contribution in [3.8, 4) is 5.75 Å². The minimum absolute atomic E-state index is 0.0572. The van der Waals surface area contributed by atoms with E-state index in [9.17, 15) is 18.3 Å². The first-order valence-electron chi connectivity index (χ1n) is 11.1. The van der Waals surface area contributed by atoms with E-state index in [-0.39, 0.29) is 35.2 Å². The average Bonchev–Trinajstić information content (AvgIpc) is 2.80. The molecule has 174 valence electrons. The zero-order chi connectivity index (χ0) is 22.3. The summed E-state index contributed by atoms with van der Waals surface area (Å²) in [5.41, 5.74) is 0. The summed E-state index contributed by atoms with van der Waals surface area (Å²) in [6, 6.07) is 5.88. The summed E-state index contributed by atoms with van der Waals surface area (Å²) < 4.78 is 39.5. The van der Waals surface area contributed by atoms with Gasteiger partial charge in [-0.15, -0.1) is 0 Å². The van der Waals surface area contributed by atoms with Crippen molar-refractivity contribution in [2.24, 2.45) is 5.92 Å². The van der Waals surface area contributed by atoms with Gasteiger partial charge in [0.25, 0.3) is 0 Å². The lowest BCUT2D eigenvalue weighted by Gasteiger charge is -2.36. The Morgan fingerprint density at radius 1 is 1.16 bits per heavy atom. The van der Waals surface area contributed by atoms with Crippen molar-refractivity contribution >= 4 is 15.9 Å². The lowest BCUT2D eigenvalue weighted by molar-refractivity contribution is -0.126. The van der Waals surface area contributed by atoms with Crippen LogP contribution in [0, 0.1) is 5.92 Å². The first kappa shape index (κ1) is 24.0. The van der Waals surface area contributed by atoms with Gasteiger partial charge < -0.3 is 19.9 Å². The molecule has 1 aromatic carbocycles. The van der Waals surface area contributed by atoms with Crippen molar-refractivity contribution in [1.29, 1.82) is 0 Å². The van der Waals surface area contributed by atoms with Crippen LogP contribution in [0.3, 0.4) is 0 Å². The normalized spacial score (nSPS) is 25.2. The van der Waals surface area contributed by atoms with Crippen LogP contribution in [0.5, 0.6) is 5.75 Å². The van der Waals surface area contributed by atoms with Gasteiger partial charge in [0.1, 0.15) is 10.6 Å². The van der Waals surface area contributed by atoms with Crippen LogP contribution < -0.4 is 14.8 Å². The zero-order valence-corrected chi connectivity index (χ0v) is 18.9. The second-order valence-corrected chi connectivity index (χ2v) is 10.0. The summed E-state index contributed by atoms with van der Waals surface area (Å²) in [5, 5.41) is 12.8. The fourth-order valence-corrected chi connectivity index (χ4v) is 5.92. The van der Waals surface area contributed by atoms with Crippen LogP contribution >= 0.6 is 0 Å². The van der Waals surface area contributed by atoms with Crippen molar-refractivity contribution in [3.05, 3.63) is 24.3 Å². The topological polar surface area (TPSA) is 114 Å². The first-order chi connectivity index (χ1) is 14.9. The highest BCUT2D eigenvalue weighted by Gasteiger charge is 2.34. The summed E-state index contributed by atoms with van der Waals surface area (Å²) in [4.78, 5) is 12.3. The van der Waals surface area contributed by atoms with E-state index in [1.54, 1.807) is 18.2 Å². The minimum atomic E-state index is -3.83. The third-order valence-corrected chi connectivity index (χ3v) is 7.73. The molecule has 0 aromatic heterocycles. The van der Waals surface area contributed by atoms with E-state index >= 15 is 0 Å². The molecule has 3 N–H and O–H groups in total. The Labute approximate surface area is 184 Å². The van der Waals surface area contributed by atoms with Gasteiger partial charge in [0, 0.05) is 12.5 Å². The molecular weight excluding hydrogens is 420 g/mol. The second-order valence-electron chi connectivity index (χ2n) is 8.35. The number of hydrogen-bond acceptors (Lipinski definition) is 6. The average molecular weight is 455 g/mol. The number of rotatable bonds is 9. The molecule has 2 fully saturated rings. The number of benzene rings is 1. The van der Waals surface area contributed by atoms with E-state index in [0.29, 0.717) is 25.8 Å². The standard InChI is InChI=1S/C22H34N2O6S/c1-29-19-9-5-6-10-21(19)31(27,28)24-18-12-11-17(30-20(18)15-25)13-14-23-22(26)16-7-3-2-4-8-16/h5-6,9-10,16-18,20,24-25H,2-4,7-8,11-15H2,1H3,(H,23,26)/t17-,18-,20+/m1/s1. The number of ether oxygens (including phenoxy) is 2. The van der Waals surface area contributed by atoms with Gasteiger partial charge in [0.05, 0.1) is 32.0 Å². The molecule has 1 aromatic rings. The lowest BCUT2D eigenvalue weighted by atomic mass is 9.88. The van der Waals surface area contributed by atoms with E-state index < -0.39 is 22.2 Å². The first-order valence-corrected chi connectivity index (χ1v) is 12.6. The maximum absolute atomic E-state index is 12.8. The van der Waals surface area contributed by atoms with Gasteiger partial charge in [-0.3, -0.25) is 4.79 Å². The summed E-state index contributed by atoms with van der Waals surface area (Å²) in [7, 11) is -2.40. The molecule has 0 radical (unpaired) electrons. The molecule has 9 heteroatoms. The van der Waals surface area contributed by atoms with E-state index in [0.717, 1.165) is 25.7 Å². The molecule has 8 nitrogen and oxygen atoms in total. The van der Waals surface area contributed by atoms with Crippen molar-refractivity contribution in [3.63, 3.8) is 0 Å². The van der Waals surface area contributed by atoms with Crippen molar-refractivity contribution < 1.29 is 27.8 Å². The number of aliphatic hydroxyl groups excluding tert-OH is 1. The summed E-state index contributed by atoms with van der Waals surface area (Å²) in [6.07, 6.45) is 6.44. The third-order valence-electron chi connectivity index (χ3n) is 6.20. The molecule has 1 aliphatic heterocycles. The number of aliphatic hydroxyl groups is 1. The Morgan fingerprint density at radius 3 is 2.61 bits per heavy atom. The molecule has 1 saturated carbocycles. The summed E-state index contributed by atoms with van der Waals surface area (Å²) in [6.45, 7) is 0.236. The fraction of sp³-hybridized carbons (Fsp3) is 0.682. The van der Waals surface area contributed by atoms with Gasteiger partial charge in [0.15, 0.2) is 0 Å². The number of methoxy groups -OCH3 is 1. The summed E-state index contributed by atoms with van der Waals surface area (Å²) >= 11 is 0. The quantitative estimate of drug-likeness (QED) is 0.526. The molecule has 3 atom stereocenters. The van der Waals surface area contributed by atoms with Crippen LogP contribution in [0.4, 0.5) is 0 Å². The molecule has 2 aliphatic rings. The highest BCUT2D eigenvalue weighted by molar-refractivity contribution is 7.89. The molecule has 0 bridgehead atoms. The molecule has 31 heavy (non-hydrogen) atoms. The molecular formula is C22H34N2O6S. The molecule has 1 heterocycles. The van der Waals surface area contributed by atoms with Gasteiger partial charge in [-0.1, -0.05) is 31.4 Å². The number of amides is 1. The zero-order valence-electron chi connectivity index (χ0n) is 18.1. The number of para-hydroxylation sites is 1. The Kier molecular flexibility index (Phi) is 8.71. The highest BCUT2D eigenvalue weighted by atomic mass is 32.2. The summed E-state index contributed by atoms with van der Waals surface area (Å²) in [5.74, 6) is 0.510. The molecule has 0 spiro atoms. The monoisotopic (exact) mass is 454 g/mol. The van der Waals surface area contributed by atoms with Gasteiger partial charge >= 0.3 is 0 Å². The molecule has 1 saturated heterocycles. The fourth-order valence-electron chi connectivity index (χ4n) is 4.45. The number of hydrogen-bond donors (Lipinski definition) is 3. The molecule has 1 amide bonds. The number of carbonyl (C=O) groups is 1. The predicted molar refractivity (Wildman–Crippen MR) is 116 cm³/mol. The van der Waals surface area contributed by atoms with Crippen LogP contribution in [-0.2, 0) is 19.6 Å². The highest BCUT2D eigenvalue weighted by Crippen LogP contribution is 2.27. The van der Waals surface area contributed by atoms with Crippen molar-refractivity contribution in [2.45, 2.75) is 74.5 Å². The largest absolute Gasteiger partial charge is 0.495 e. The Morgan fingerprint density at radius 2 is 1.90 bits per heavy atom. The maximum Gasteiger partial charge on any atom is 0.244 e. The minimum Gasteiger partial charge on any atom is -0.495 e. The van der Waals surface area contributed by atoms with Crippen LogP contribution in [0.25, 0.3) is 0 Å². The SMILES string of the molecule is COc1ccccc1S(=O)(=O)N[C@@H]1CC[C@H](CCNC(=O)C2CCCCC2)O[C@H]1CO.